The Morgan fingerprint density at radius 2 is 2.14 bits per heavy atom. The average Bonchev–Trinajstić information content (AvgIpc) is 2.78. The van der Waals surface area contributed by atoms with E-state index in [2.05, 4.69) is 15.5 Å². The van der Waals surface area contributed by atoms with E-state index >= 15 is 0 Å². The second kappa shape index (κ2) is 6.35. The van der Waals surface area contributed by atoms with Crippen molar-refractivity contribution < 1.29 is 9.53 Å². The molecule has 0 aliphatic carbocycles. The highest BCUT2D eigenvalue weighted by Gasteiger charge is 2.37. The number of nitrogens with zero attached hydrogens (tertiary/aromatic N) is 1. The summed E-state index contributed by atoms with van der Waals surface area (Å²) < 4.78 is 5.30. The van der Waals surface area contributed by atoms with Crippen molar-refractivity contribution in [3.05, 3.63) is 24.3 Å². The largest absolute Gasteiger partial charge is 0.495 e. The van der Waals surface area contributed by atoms with Gasteiger partial charge in [-0.1, -0.05) is 12.1 Å². The second-order valence-electron chi connectivity index (χ2n) is 5.73. The van der Waals surface area contributed by atoms with E-state index in [-0.39, 0.29) is 5.91 Å². The van der Waals surface area contributed by atoms with Gasteiger partial charge >= 0.3 is 0 Å². The van der Waals surface area contributed by atoms with E-state index in [1.807, 2.05) is 24.3 Å². The summed E-state index contributed by atoms with van der Waals surface area (Å²) in [5.74, 6) is 0.961. The van der Waals surface area contributed by atoms with Crippen LogP contribution in [-0.4, -0.2) is 49.6 Å². The molecular formula is C16H23N3O2. The van der Waals surface area contributed by atoms with Crippen molar-refractivity contribution in [3.63, 3.8) is 0 Å². The van der Waals surface area contributed by atoms with Gasteiger partial charge in [-0.15, -0.1) is 0 Å². The molecule has 2 unspecified atom stereocenters. The molecule has 0 radical (unpaired) electrons. The quantitative estimate of drug-likeness (QED) is 0.881. The molecule has 2 fully saturated rings. The van der Waals surface area contributed by atoms with Gasteiger partial charge in [-0.05, 0) is 37.9 Å². The van der Waals surface area contributed by atoms with Crippen molar-refractivity contribution in [3.8, 4) is 5.75 Å². The third-order valence-electron chi connectivity index (χ3n) is 4.48. The first kappa shape index (κ1) is 14.2. The number of amides is 1. The molecule has 5 nitrogen and oxygen atoms in total. The molecule has 5 heteroatoms. The van der Waals surface area contributed by atoms with E-state index in [1.54, 1.807) is 7.11 Å². The van der Waals surface area contributed by atoms with Crippen molar-refractivity contribution in [2.75, 3.05) is 32.1 Å². The van der Waals surface area contributed by atoms with Crippen molar-refractivity contribution >= 4 is 11.6 Å². The molecule has 2 atom stereocenters. The maximum Gasteiger partial charge on any atom is 0.242 e. The lowest BCUT2D eigenvalue weighted by atomic mass is 10.1. The Kier molecular flexibility index (Phi) is 4.29. The minimum absolute atomic E-state index is 0.192. The number of fused-ring (bicyclic) bond motifs is 2. The standard InChI is InChI=1S/C16H23N3O2/c1-21-15-5-3-2-4-14(15)18-11-16(20)19-12-6-7-13(19)10-17-9-8-12/h2-5,12-13,17-18H,6-11H2,1H3. The van der Waals surface area contributed by atoms with Crippen LogP contribution in [0.1, 0.15) is 19.3 Å². The molecule has 3 rings (SSSR count). The highest BCUT2D eigenvalue weighted by molar-refractivity contribution is 5.82. The van der Waals surface area contributed by atoms with Crippen LogP contribution in [0, 0.1) is 0 Å². The van der Waals surface area contributed by atoms with Crippen LogP contribution in [0.2, 0.25) is 0 Å². The van der Waals surface area contributed by atoms with Crippen molar-refractivity contribution in [1.82, 2.24) is 10.2 Å². The zero-order chi connectivity index (χ0) is 14.7. The first-order chi connectivity index (χ1) is 10.3. The van der Waals surface area contributed by atoms with Crippen LogP contribution >= 0.6 is 0 Å². The van der Waals surface area contributed by atoms with Gasteiger partial charge < -0.3 is 20.3 Å². The van der Waals surface area contributed by atoms with Crippen LogP contribution in [-0.2, 0) is 4.79 Å². The number of rotatable bonds is 4. The van der Waals surface area contributed by atoms with Gasteiger partial charge in [0.2, 0.25) is 5.91 Å². The van der Waals surface area contributed by atoms with Crippen molar-refractivity contribution in [1.29, 1.82) is 0 Å². The predicted octanol–water partition coefficient (Wildman–Crippen LogP) is 1.46. The summed E-state index contributed by atoms with van der Waals surface area (Å²) >= 11 is 0. The molecule has 2 aliphatic heterocycles. The Labute approximate surface area is 125 Å². The first-order valence-corrected chi connectivity index (χ1v) is 7.68. The number of para-hydroxylation sites is 2. The summed E-state index contributed by atoms with van der Waals surface area (Å²) in [4.78, 5) is 14.7. The summed E-state index contributed by atoms with van der Waals surface area (Å²) in [5, 5.41) is 6.64. The van der Waals surface area contributed by atoms with E-state index in [0.717, 1.165) is 43.8 Å². The molecule has 21 heavy (non-hydrogen) atoms. The van der Waals surface area contributed by atoms with Gasteiger partial charge in [0.1, 0.15) is 5.75 Å². The third kappa shape index (κ3) is 2.97. The summed E-state index contributed by atoms with van der Waals surface area (Å²) in [6.07, 6.45) is 3.34. The maximum absolute atomic E-state index is 12.6. The molecule has 0 aromatic heterocycles. The smallest absolute Gasteiger partial charge is 0.242 e. The van der Waals surface area contributed by atoms with Gasteiger partial charge in [0.15, 0.2) is 0 Å². The molecule has 0 saturated carbocycles. The molecule has 1 aromatic rings. The number of hydrogen-bond acceptors (Lipinski definition) is 4. The highest BCUT2D eigenvalue weighted by Crippen LogP contribution is 2.28. The fourth-order valence-corrected chi connectivity index (χ4v) is 3.44. The lowest BCUT2D eigenvalue weighted by molar-refractivity contribution is -0.131. The summed E-state index contributed by atoms with van der Waals surface area (Å²) in [5.41, 5.74) is 0.869. The molecular weight excluding hydrogens is 266 g/mol. The minimum Gasteiger partial charge on any atom is -0.495 e. The van der Waals surface area contributed by atoms with Crippen LogP contribution in [0.4, 0.5) is 5.69 Å². The molecule has 2 aliphatic rings. The number of anilines is 1. The van der Waals surface area contributed by atoms with Gasteiger partial charge in [-0.2, -0.15) is 0 Å². The molecule has 2 saturated heterocycles. The molecule has 2 N–H and O–H groups in total. The molecule has 1 aromatic carbocycles. The van der Waals surface area contributed by atoms with Gasteiger partial charge in [0.25, 0.3) is 0 Å². The zero-order valence-electron chi connectivity index (χ0n) is 12.5. The lowest BCUT2D eigenvalue weighted by Gasteiger charge is -2.28. The fourth-order valence-electron chi connectivity index (χ4n) is 3.44. The average molecular weight is 289 g/mol. The number of methoxy groups -OCH3 is 1. The SMILES string of the molecule is COc1ccccc1NCC(=O)N1C2CCNCC1CC2. The van der Waals surface area contributed by atoms with Crippen LogP contribution in [0.15, 0.2) is 24.3 Å². The Morgan fingerprint density at radius 3 is 3.00 bits per heavy atom. The fraction of sp³-hybridized carbons (Fsp3) is 0.562. The normalized spacial score (nSPS) is 24.5. The van der Waals surface area contributed by atoms with Gasteiger partial charge in [-0.25, -0.2) is 0 Å². The van der Waals surface area contributed by atoms with E-state index in [9.17, 15) is 4.79 Å². The Hall–Kier alpha value is -1.75. The number of hydrogen-bond donors (Lipinski definition) is 2. The summed E-state index contributed by atoms with van der Waals surface area (Å²) in [6.45, 7) is 2.27. The third-order valence-corrected chi connectivity index (χ3v) is 4.48. The van der Waals surface area contributed by atoms with E-state index in [4.69, 9.17) is 4.74 Å². The van der Waals surface area contributed by atoms with Crippen LogP contribution in [0.3, 0.4) is 0 Å². The number of nitrogens with one attached hydrogen (secondary N) is 2. The number of carbonyl (C=O) groups excluding carboxylic acids is 1. The van der Waals surface area contributed by atoms with E-state index < -0.39 is 0 Å². The highest BCUT2D eigenvalue weighted by atomic mass is 16.5. The topological polar surface area (TPSA) is 53.6 Å². The molecule has 114 valence electrons. The number of ether oxygens (including phenoxy) is 1. The van der Waals surface area contributed by atoms with Gasteiger partial charge in [0.05, 0.1) is 19.3 Å². The molecule has 0 spiro atoms. The van der Waals surface area contributed by atoms with Crippen LogP contribution in [0.5, 0.6) is 5.75 Å². The summed E-state index contributed by atoms with van der Waals surface area (Å²) in [7, 11) is 1.64. The number of benzene rings is 1. The first-order valence-electron chi connectivity index (χ1n) is 7.68. The zero-order valence-corrected chi connectivity index (χ0v) is 12.5. The van der Waals surface area contributed by atoms with E-state index in [0.29, 0.717) is 18.6 Å². The molecule has 2 heterocycles. The predicted molar refractivity (Wildman–Crippen MR) is 82.6 cm³/mol. The Bertz CT molecular complexity index is 492. The van der Waals surface area contributed by atoms with Crippen molar-refractivity contribution in [2.45, 2.75) is 31.3 Å². The Morgan fingerprint density at radius 1 is 1.33 bits per heavy atom. The molecule has 2 bridgehead atoms. The second-order valence-corrected chi connectivity index (χ2v) is 5.73. The minimum atomic E-state index is 0.192. The van der Waals surface area contributed by atoms with E-state index in [1.165, 1.54) is 0 Å². The monoisotopic (exact) mass is 289 g/mol. The summed E-state index contributed by atoms with van der Waals surface area (Å²) in [6, 6.07) is 8.47. The van der Waals surface area contributed by atoms with Gasteiger partial charge in [-0.3, -0.25) is 4.79 Å². The van der Waals surface area contributed by atoms with Crippen LogP contribution in [0.25, 0.3) is 0 Å². The maximum atomic E-state index is 12.6. The lowest BCUT2D eigenvalue weighted by Crippen LogP contribution is -2.45. The molecule has 1 amide bonds. The van der Waals surface area contributed by atoms with Crippen molar-refractivity contribution in [2.24, 2.45) is 0 Å². The Balaban J connectivity index is 1.64. The van der Waals surface area contributed by atoms with Crippen LogP contribution < -0.4 is 15.4 Å². The van der Waals surface area contributed by atoms with Gasteiger partial charge in [0, 0.05) is 18.6 Å². The number of carbonyl (C=O) groups is 1.